The summed E-state index contributed by atoms with van der Waals surface area (Å²) in [4.78, 5) is 14.6. The minimum absolute atomic E-state index is 0.00950. The molecule has 0 fully saturated rings. The van der Waals surface area contributed by atoms with Crippen molar-refractivity contribution >= 4 is 21.4 Å². The van der Waals surface area contributed by atoms with E-state index in [2.05, 4.69) is 0 Å². The Hall–Kier alpha value is -2.14. The number of hydrogen-bond donors (Lipinski definition) is 0. The summed E-state index contributed by atoms with van der Waals surface area (Å²) in [6, 6.07) is 14.9. The van der Waals surface area contributed by atoms with Crippen molar-refractivity contribution in [1.29, 1.82) is 0 Å². The van der Waals surface area contributed by atoms with Crippen LogP contribution in [0.2, 0.25) is 0 Å². The van der Waals surface area contributed by atoms with E-state index < -0.39 is 9.84 Å². The maximum Gasteiger partial charge on any atom is 0.258 e. The van der Waals surface area contributed by atoms with Gasteiger partial charge in [0, 0.05) is 23.5 Å². The van der Waals surface area contributed by atoms with Gasteiger partial charge in [0.05, 0.1) is 5.75 Å². The lowest BCUT2D eigenvalue weighted by molar-refractivity contribution is 0.0981. The molecule has 0 N–H and O–H groups in total. The van der Waals surface area contributed by atoms with E-state index in [0.717, 1.165) is 12.1 Å². The molecule has 0 radical (unpaired) electrons. The highest BCUT2D eigenvalue weighted by molar-refractivity contribution is 7.89. The number of nitrogens with zero attached hydrogens (tertiary/aromatic N) is 1. The van der Waals surface area contributed by atoms with Crippen molar-refractivity contribution in [3.05, 3.63) is 65.2 Å². The summed E-state index contributed by atoms with van der Waals surface area (Å²) < 4.78 is 22.7. The predicted molar refractivity (Wildman–Crippen MR) is 91.4 cm³/mol. The molecule has 0 saturated carbocycles. The van der Waals surface area contributed by atoms with Crippen LogP contribution in [0.4, 0.5) is 5.69 Å². The molecule has 1 aliphatic rings. The summed E-state index contributed by atoms with van der Waals surface area (Å²) in [6.45, 7) is 2.04. The number of carbonyl (C=O) groups excluding carboxylic acids is 1. The van der Waals surface area contributed by atoms with Gasteiger partial charge in [-0.25, -0.2) is 8.42 Å². The number of carbonyl (C=O) groups is 1. The Bertz CT molecular complexity index is 841. The Kier molecular flexibility index (Phi) is 3.98. The monoisotopic (exact) mass is 329 g/mol. The second-order valence-electron chi connectivity index (χ2n) is 6.12. The highest BCUT2D eigenvalue weighted by Gasteiger charge is 2.31. The quantitative estimate of drug-likeness (QED) is 0.870. The van der Waals surface area contributed by atoms with Gasteiger partial charge in [0.25, 0.3) is 5.91 Å². The molecule has 2 aromatic rings. The Labute approximate surface area is 136 Å². The molecular weight excluding hydrogens is 310 g/mol. The van der Waals surface area contributed by atoms with Gasteiger partial charge in [0.1, 0.15) is 0 Å². The summed E-state index contributed by atoms with van der Waals surface area (Å²) >= 11 is 0. The second-order valence-corrected chi connectivity index (χ2v) is 8.26. The first-order valence-electron chi connectivity index (χ1n) is 7.53. The molecule has 23 heavy (non-hydrogen) atoms. The van der Waals surface area contributed by atoms with Gasteiger partial charge in [-0.3, -0.25) is 4.79 Å². The maximum atomic E-state index is 12.8. The van der Waals surface area contributed by atoms with Crippen molar-refractivity contribution in [3.8, 4) is 0 Å². The Morgan fingerprint density at radius 3 is 2.43 bits per heavy atom. The molecule has 3 rings (SSSR count). The van der Waals surface area contributed by atoms with Crippen LogP contribution in [0.1, 0.15) is 28.4 Å². The third-order valence-corrected chi connectivity index (χ3v) is 4.91. The maximum absolute atomic E-state index is 12.8. The fourth-order valence-electron chi connectivity index (χ4n) is 3.06. The molecule has 0 bridgehead atoms. The van der Waals surface area contributed by atoms with Gasteiger partial charge in [-0.05, 0) is 42.7 Å². The lowest BCUT2D eigenvalue weighted by Gasteiger charge is -2.23. The van der Waals surface area contributed by atoms with Crippen LogP contribution in [-0.4, -0.2) is 26.6 Å². The zero-order valence-electron chi connectivity index (χ0n) is 13.2. The molecule has 2 aromatic carbocycles. The van der Waals surface area contributed by atoms with Crippen LogP contribution in [-0.2, 0) is 22.0 Å². The third kappa shape index (κ3) is 3.29. The summed E-state index contributed by atoms with van der Waals surface area (Å²) in [6.07, 6.45) is 2.06. The molecule has 0 saturated heterocycles. The standard InChI is InChI=1S/C18H19NO3S/c1-13-11-16-5-3-4-6-17(16)19(13)18(20)15-9-7-14(8-10-15)12-23(2,21)22/h3-10,13H,11-12H2,1-2H3/t13-/m0/s1. The van der Waals surface area contributed by atoms with E-state index in [-0.39, 0.29) is 17.7 Å². The predicted octanol–water partition coefficient (Wildman–Crippen LogP) is 2.82. The molecule has 120 valence electrons. The number of rotatable bonds is 3. The molecule has 0 aromatic heterocycles. The number of hydrogen-bond acceptors (Lipinski definition) is 3. The van der Waals surface area contributed by atoms with E-state index >= 15 is 0 Å². The number of anilines is 1. The lowest BCUT2D eigenvalue weighted by atomic mass is 10.1. The molecule has 0 unspecified atom stereocenters. The van der Waals surface area contributed by atoms with Crippen molar-refractivity contribution in [2.45, 2.75) is 25.1 Å². The van der Waals surface area contributed by atoms with Crippen molar-refractivity contribution in [2.24, 2.45) is 0 Å². The summed E-state index contributed by atoms with van der Waals surface area (Å²) in [5.41, 5.74) is 3.41. The van der Waals surface area contributed by atoms with Crippen molar-refractivity contribution < 1.29 is 13.2 Å². The van der Waals surface area contributed by atoms with Crippen LogP contribution in [0.3, 0.4) is 0 Å². The number of benzene rings is 2. The van der Waals surface area contributed by atoms with E-state index in [1.807, 2.05) is 36.1 Å². The first-order chi connectivity index (χ1) is 10.8. The number of fused-ring (bicyclic) bond motifs is 1. The van der Waals surface area contributed by atoms with Crippen molar-refractivity contribution in [3.63, 3.8) is 0 Å². The number of amides is 1. The summed E-state index contributed by atoms with van der Waals surface area (Å²) in [5.74, 6) is -0.0573. The van der Waals surface area contributed by atoms with E-state index in [1.165, 1.54) is 11.8 Å². The SMILES string of the molecule is C[C@H]1Cc2ccccc2N1C(=O)c1ccc(CS(C)(=O)=O)cc1. The fourth-order valence-corrected chi connectivity index (χ4v) is 3.86. The first-order valence-corrected chi connectivity index (χ1v) is 9.59. The normalized spacial score (nSPS) is 17.1. The Morgan fingerprint density at radius 2 is 1.78 bits per heavy atom. The lowest BCUT2D eigenvalue weighted by Crippen LogP contribution is -2.35. The molecule has 1 heterocycles. The van der Waals surface area contributed by atoms with Crippen molar-refractivity contribution in [2.75, 3.05) is 11.2 Å². The highest BCUT2D eigenvalue weighted by atomic mass is 32.2. The molecule has 1 aliphatic heterocycles. The van der Waals surface area contributed by atoms with Gasteiger partial charge >= 0.3 is 0 Å². The van der Waals surface area contributed by atoms with E-state index in [1.54, 1.807) is 24.3 Å². The van der Waals surface area contributed by atoms with Gasteiger partial charge in [0.15, 0.2) is 9.84 Å². The topological polar surface area (TPSA) is 54.5 Å². The van der Waals surface area contributed by atoms with Crippen LogP contribution >= 0.6 is 0 Å². The molecule has 1 atom stereocenters. The fraction of sp³-hybridized carbons (Fsp3) is 0.278. The van der Waals surface area contributed by atoms with Crippen LogP contribution in [0.15, 0.2) is 48.5 Å². The largest absolute Gasteiger partial charge is 0.305 e. The van der Waals surface area contributed by atoms with Crippen molar-refractivity contribution in [1.82, 2.24) is 0 Å². The summed E-state index contributed by atoms with van der Waals surface area (Å²) in [5, 5.41) is 0. The van der Waals surface area contributed by atoms with Gasteiger partial charge in [-0.15, -0.1) is 0 Å². The molecule has 0 spiro atoms. The first kappa shape index (κ1) is 15.7. The zero-order valence-corrected chi connectivity index (χ0v) is 14.0. The van der Waals surface area contributed by atoms with Gasteiger partial charge in [-0.2, -0.15) is 0 Å². The number of sulfone groups is 1. The molecule has 4 nitrogen and oxygen atoms in total. The average Bonchev–Trinajstić information content (AvgIpc) is 2.81. The van der Waals surface area contributed by atoms with Crippen LogP contribution in [0.5, 0.6) is 0 Å². The van der Waals surface area contributed by atoms with E-state index in [9.17, 15) is 13.2 Å². The average molecular weight is 329 g/mol. The molecule has 0 aliphatic carbocycles. The zero-order chi connectivity index (χ0) is 16.6. The summed E-state index contributed by atoms with van der Waals surface area (Å²) in [7, 11) is -3.07. The minimum Gasteiger partial charge on any atom is -0.305 e. The van der Waals surface area contributed by atoms with Crippen LogP contribution < -0.4 is 4.90 Å². The highest BCUT2D eigenvalue weighted by Crippen LogP contribution is 2.33. The third-order valence-electron chi connectivity index (χ3n) is 4.06. The van der Waals surface area contributed by atoms with Gasteiger partial charge in [-0.1, -0.05) is 30.3 Å². The van der Waals surface area contributed by atoms with Gasteiger partial charge in [0.2, 0.25) is 0 Å². The van der Waals surface area contributed by atoms with Gasteiger partial charge < -0.3 is 4.90 Å². The van der Waals surface area contributed by atoms with E-state index in [4.69, 9.17) is 0 Å². The molecular formula is C18H19NO3S. The molecule has 1 amide bonds. The minimum atomic E-state index is -3.07. The van der Waals surface area contributed by atoms with Crippen LogP contribution in [0, 0.1) is 0 Å². The number of para-hydroxylation sites is 1. The Balaban J connectivity index is 1.86. The second kappa shape index (κ2) is 5.81. The smallest absolute Gasteiger partial charge is 0.258 e. The van der Waals surface area contributed by atoms with Crippen LogP contribution in [0.25, 0.3) is 0 Å². The van der Waals surface area contributed by atoms with E-state index in [0.29, 0.717) is 11.1 Å². The molecule has 5 heteroatoms. The Morgan fingerprint density at radius 1 is 1.13 bits per heavy atom.